The molecule has 0 aromatic heterocycles. The van der Waals surface area contributed by atoms with E-state index < -0.39 is 17.3 Å². The van der Waals surface area contributed by atoms with E-state index in [9.17, 15) is 18.3 Å². The van der Waals surface area contributed by atoms with Gasteiger partial charge in [-0.05, 0) is 55.7 Å². The predicted molar refractivity (Wildman–Crippen MR) is 107 cm³/mol. The van der Waals surface area contributed by atoms with Crippen molar-refractivity contribution < 1.29 is 18.3 Å². The van der Waals surface area contributed by atoms with Gasteiger partial charge < -0.3 is 5.11 Å². The minimum absolute atomic E-state index is 0.342. The normalized spacial score (nSPS) is 27.7. The highest BCUT2D eigenvalue weighted by atomic mass is 19.4. The highest BCUT2D eigenvalue weighted by molar-refractivity contribution is 5.26. The van der Waals surface area contributed by atoms with Crippen molar-refractivity contribution in [1.82, 2.24) is 4.90 Å². The Morgan fingerprint density at radius 1 is 0.931 bits per heavy atom. The molecule has 5 heteroatoms. The lowest BCUT2D eigenvalue weighted by Crippen LogP contribution is -2.57. The number of aryl methyl sites for hydroxylation is 1. The van der Waals surface area contributed by atoms with Crippen molar-refractivity contribution in [1.29, 1.82) is 0 Å². The number of piperidine rings is 2. The smallest absolute Gasteiger partial charge is 0.390 e. The van der Waals surface area contributed by atoms with Crippen molar-refractivity contribution in [2.24, 2.45) is 0 Å². The van der Waals surface area contributed by atoms with Crippen LogP contribution in [0.5, 0.6) is 0 Å². The maximum Gasteiger partial charge on any atom is 0.416 e. The van der Waals surface area contributed by atoms with E-state index in [4.69, 9.17) is 0 Å². The summed E-state index contributed by atoms with van der Waals surface area (Å²) in [5, 5.41) is 11.3. The van der Waals surface area contributed by atoms with Crippen LogP contribution in [0.2, 0.25) is 0 Å². The van der Waals surface area contributed by atoms with Crippen LogP contribution < -0.4 is 0 Å². The van der Waals surface area contributed by atoms with E-state index in [-0.39, 0.29) is 0 Å². The zero-order valence-corrected chi connectivity index (χ0v) is 16.5. The molecular weight excluding hydrogens is 375 g/mol. The third-order valence-electron chi connectivity index (χ3n) is 6.59. The molecule has 2 saturated heterocycles. The van der Waals surface area contributed by atoms with Crippen LogP contribution >= 0.6 is 0 Å². The van der Waals surface area contributed by atoms with Gasteiger partial charge in [-0.1, -0.05) is 55.0 Å². The lowest BCUT2D eigenvalue weighted by Gasteiger charge is -2.52. The first kappa shape index (κ1) is 20.4. The number of halogens is 3. The van der Waals surface area contributed by atoms with E-state index in [0.717, 1.165) is 25.5 Å². The van der Waals surface area contributed by atoms with Crippen molar-refractivity contribution >= 4 is 0 Å². The van der Waals surface area contributed by atoms with Gasteiger partial charge in [-0.25, -0.2) is 0 Å². The molecule has 2 atom stereocenters. The van der Waals surface area contributed by atoms with Gasteiger partial charge in [0.1, 0.15) is 0 Å². The summed E-state index contributed by atoms with van der Waals surface area (Å²) in [5.41, 5.74) is 0.525. The summed E-state index contributed by atoms with van der Waals surface area (Å²) in [6.45, 7) is 0.903. The summed E-state index contributed by atoms with van der Waals surface area (Å²) in [5.74, 6) is 0. The van der Waals surface area contributed by atoms with Crippen LogP contribution in [0.1, 0.15) is 55.2 Å². The third kappa shape index (κ3) is 4.84. The van der Waals surface area contributed by atoms with Gasteiger partial charge in [0.05, 0.1) is 11.2 Å². The number of benzene rings is 2. The van der Waals surface area contributed by atoms with Crippen LogP contribution in [0.3, 0.4) is 0 Å². The fourth-order valence-corrected chi connectivity index (χ4v) is 5.15. The van der Waals surface area contributed by atoms with Gasteiger partial charge in [-0.3, -0.25) is 4.90 Å². The lowest BCUT2D eigenvalue weighted by molar-refractivity contribution is -0.137. The van der Waals surface area contributed by atoms with E-state index >= 15 is 0 Å². The second-order valence-corrected chi connectivity index (χ2v) is 8.73. The van der Waals surface area contributed by atoms with E-state index in [2.05, 4.69) is 29.2 Å². The molecule has 0 radical (unpaired) electrons. The Labute approximate surface area is 170 Å². The van der Waals surface area contributed by atoms with Crippen LogP contribution in [-0.4, -0.2) is 27.7 Å². The van der Waals surface area contributed by atoms with E-state index in [1.807, 2.05) is 6.07 Å². The molecule has 156 valence electrons. The summed E-state index contributed by atoms with van der Waals surface area (Å²) in [7, 11) is 0. The molecule has 0 spiro atoms. The first-order valence-electron chi connectivity index (χ1n) is 10.5. The minimum atomic E-state index is -4.33. The summed E-state index contributed by atoms with van der Waals surface area (Å²) in [6, 6.07) is 16.6. The number of alkyl halides is 3. The number of fused-ring (bicyclic) bond motifs is 2. The summed E-state index contributed by atoms with van der Waals surface area (Å²) in [6.07, 6.45) is 1.41. The monoisotopic (exact) mass is 403 g/mol. The summed E-state index contributed by atoms with van der Waals surface area (Å²) < 4.78 is 38.9. The van der Waals surface area contributed by atoms with Gasteiger partial charge in [0.25, 0.3) is 0 Å². The zero-order chi connectivity index (χ0) is 20.5. The first-order chi connectivity index (χ1) is 13.8. The Balaban J connectivity index is 1.42. The second-order valence-electron chi connectivity index (χ2n) is 8.73. The van der Waals surface area contributed by atoms with Crippen LogP contribution in [0.4, 0.5) is 13.2 Å². The molecule has 4 rings (SSSR count). The van der Waals surface area contributed by atoms with Crippen molar-refractivity contribution in [3.63, 3.8) is 0 Å². The quantitative estimate of drug-likeness (QED) is 0.704. The molecular formula is C24H28F3NO. The Kier molecular flexibility index (Phi) is 5.71. The molecule has 2 bridgehead atoms. The van der Waals surface area contributed by atoms with Gasteiger partial charge in [0, 0.05) is 18.6 Å². The third-order valence-corrected chi connectivity index (χ3v) is 6.59. The average molecular weight is 403 g/mol. The van der Waals surface area contributed by atoms with Crippen LogP contribution in [0.15, 0.2) is 54.6 Å². The van der Waals surface area contributed by atoms with Crippen molar-refractivity contribution in [2.75, 3.05) is 0 Å². The van der Waals surface area contributed by atoms with Gasteiger partial charge in [0.2, 0.25) is 0 Å². The predicted octanol–water partition coefficient (Wildman–Crippen LogP) is 5.59. The Morgan fingerprint density at radius 3 is 2.24 bits per heavy atom. The topological polar surface area (TPSA) is 23.5 Å². The molecule has 0 amide bonds. The second kappa shape index (κ2) is 8.11. The van der Waals surface area contributed by atoms with Gasteiger partial charge in [0.15, 0.2) is 0 Å². The van der Waals surface area contributed by atoms with Crippen LogP contribution in [-0.2, 0) is 19.1 Å². The number of aliphatic hydroxyl groups is 1. The van der Waals surface area contributed by atoms with Gasteiger partial charge in [-0.15, -0.1) is 0 Å². The molecule has 0 saturated carbocycles. The fourth-order valence-electron chi connectivity index (χ4n) is 5.15. The largest absolute Gasteiger partial charge is 0.416 e. The number of nitrogens with zero attached hydrogens (tertiary/aromatic N) is 1. The summed E-state index contributed by atoms with van der Waals surface area (Å²) >= 11 is 0. The van der Waals surface area contributed by atoms with Gasteiger partial charge >= 0.3 is 6.18 Å². The SMILES string of the molecule is OC1(CCc2cccc(C(F)(F)F)c2)CC2CCCC(C1)N2Cc1ccccc1. The highest BCUT2D eigenvalue weighted by Gasteiger charge is 2.45. The van der Waals surface area contributed by atoms with Crippen LogP contribution in [0.25, 0.3) is 0 Å². The molecule has 2 nitrogen and oxygen atoms in total. The molecule has 0 aliphatic carbocycles. The number of rotatable bonds is 5. The molecule has 29 heavy (non-hydrogen) atoms. The zero-order valence-electron chi connectivity index (χ0n) is 16.5. The molecule has 2 aromatic carbocycles. The molecule has 2 aromatic rings. The number of hydrogen-bond acceptors (Lipinski definition) is 2. The molecule has 2 aliphatic heterocycles. The Hall–Kier alpha value is -1.85. The maximum atomic E-state index is 13.0. The Morgan fingerprint density at radius 2 is 1.59 bits per heavy atom. The standard InChI is InChI=1S/C24H28F3NO/c25-24(26,27)20-9-4-8-18(14-20)12-13-23(29)15-21-10-5-11-22(16-23)28(21)17-19-6-2-1-3-7-19/h1-4,6-9,14,21-22,29H,5,10-13,15-17H2. The highest BCUT2D eigenvalue weighted by Crippen LogP contribution is 2.42. The van der Waals surface area contributed by atoms with Crippen molar-refractivity contribution in [3.8, 4) is 0 Å². The molecule has 2 unspecified atom stereocenters. The van der Waals surface area contributed by atoms with E-state index in [1.165, 1.54) is 24.1 Å². The number of hydrogen-bond donors (Lipinski definition) is 1. The minimum Gasteiger partial charge on any atom is -0.390 e. The van der Waals surface area contributed by atoms with Crippen LogP contribution in [0, 0.1) is 0 Å². The molecule has 2 aliphatic rings. The van der Waals surface area contributed by atoms with Crippen molar-refractivity contribution in [3.05, 3.63) is 71.3 Å². The first-order valence-corrected chi connectivity index (χ1v) is 10.5. The van der Waals surface area contributed by atoms with Gasteiger partial charge in [-0.2, -0.15) is 13.2 Å². The van der Waals surface area contributed by atoms with Crippen molar-refractivity contribution in [2.45, 2.75) is 75.4 Å². The fraction of sp³-hybridized carbons (Fsp3) is 0.500. The molecule has 2 heterocycles. The van der Waals surface area contributed by atoms with E-state index in [1.54, 1.807) is 6.07 Å². The molecule has 1 N–H and O–H groups in total. The Bertz CT molecular complexity index is 806. The summed E-state index contributed by atoms with van der Waals surface area (Å²) in [4.78, 5) is 2.54. The van der Waals surface area contributed by atoms with E-state index in [0.29, 0.717) is 43.3 Å². The molecule has 2 fully saturated rings. The maximum absolute atomic E-state index is 13.0. The average Bonchev–Trinajstić information content (AvgIpc) is 2.68. The lowest BCUT2D eigenvalue weighted by atomic mass is 9.73.